The van der Waals surface area contributed by atoms with Crippen molar-refractivity contribution in [1.29, 1.82) is 0 Å². The smallest absolute Gasteiger partial charge is 0.305 e. The first kappa shape index (κ1) is 36.2. The number of nitrogens with zero attached hydrogens (tertiary/aromatic N) is 1. The van der Waals surface area contributed by atoms with Crippen molar-refractivity contribution in [2.45, 2.75) is 142 Å². The molecule has 1 N–H and O–H groups in total. The van der Waals surface area contributed by atoms with E-state index >= 15 is 0 Å². The lowest BCUT2D eigenvalue weighted by molar-refractivity contribution is -0.143. The summed E-state index contributed by atoms with van der Waals surface area (Å²) in [5.74, 6) is 0.690. The highest BCUT2D eigenvalue weighted by Crippen LogP contribution is 2.11. The number of carbonyl (C=O) groups excluding carboxylic acids is 2. The Balaban J connectivity index is 3.84. The quantitative estimate of drug-likeness (QED) is 0.0763. The number of nitrogens with one attached hydrogen (secondary N) is 1. The van der Waals surface area contributed by atoms with Gasteiger partial charge in [0.15, 0.2) is 0 Å². The molecule has 0 unspecified atom stereocenters. The van der Waals surface area contributed by atoms with Crippen LogP contribution in [0.5, 0.6) is 0 Å². The molecule has 0 aromatic carbocycles. The fourth-order valence-electron chi connectivity index (χ4n) is 4.62. The van der Waals surface area contributed by atoms with E-state index in [1.54, 1.807) is 11.8 Å². The van der Waals surface area contributed by atoms with Gasteiger partial charge in [-0.3, -0.25) is 9.59 Å². The lowest BCUT2D eigenvalue weighted by Crippen LogP contribution is -2.32. The highest BCUT2D eigenvalue weighted by atomic mass is 32.2. The second-order valence-corrected chi connectivity index (χ2v) is 11.5. The zero-order valence-corrected chi connectivity index (χ0v) is 25.8. The molecule has 0 rings (SSSR count). The monoisotopic (exact) mass is 542 g/mol. The van der Waals surface area contributed by atoms with Gasteiger partial charge in [-0.1, -0.05) is 104 Å². The van der Waals surface area contributed by atoms with Gasteiger partial charge in [0.25, 0.3) is 0 Å². The van der Waals surface area contributed by atoms with E-state index in [2.05, 4.69) is 24.1 Å². The maximum Gasteiger partial charge on any atom is 0.305 e. The predicted octanol–water partition coefficient (Wildman–Crippen LogP) is 8.15. The molecule has 0 radical (unpaired) electrons. The Kier molecular flexibility index (Phi) is 29.2. The van der Waals surface area contributed by atoms with Crippen molar-refractivity contribution in [3.8, 4) is 0 Å². The summed E-state index contributed by atoms with van der Waals surface area (Å²) in [6.07, 6.45) is 26.0. The van der Waals surface area contributed by atoms with Crippen LogP contribution >= 0.6 is 11.8 Å². The fourth-order valence-corrected chi connectivity index (χ4v) is 4.98. The molecule has 0 aromatic heterocycles. The minimum atomic E-state index is -0.0132. The Hall–Kier alpha value is -0.750. The van der Waals surface area contributed by atoms with Crippen molar-refractivity contribution in [2.24, 2.45) is 0 Å². The second kappa shape index (κ2) is 29.8. The molecule has 0 aliphatic rings. The van der Waals surface area contributed by atoms with Crippen LogP contribution in [-0.2, 0) is 14.3 Å². The SMILES string of the molecule is CCCCCCCCCOC(=O)CCCCCCCN(CCCCCCCC)CCCNC(=O)CSC. The zero-order valence-electron chi connectivity index (χ0n) is 25.0. The van der Waals surface area contributed by atoms with Crippen molar-refractivity contribution in [3.05, 3.63) is 0 Å². The van der Waals surface area contributed by atoms with E-state index in [1.165, 1.54) is 103 Å². The van der Waals surface area contributed by atoms with Gasteiger partial charge in [0, 0.05) is 13.0 Å². The Morgan fingerprint density at radius 2 is 1.14 bits per heavy atom. The van der Waals surface area contributed by atoms with Gasteiger partial charge in [0.1, 0.15) is 0 Å². The van der Waals surface area contributed by atoms with Crippen molar-refractivity contribution < 1.29 is 14.3 Å². The predicted molar refractivity (Wildman–Crippen MR) is 162 cm³/mol. The van der Waals surface area contributed by atoms with E-state index in [4.69, 9.17) is 4.74 Å². The summed E-state index contributed by atoms with van der Waals surface area (Å²) in [7, 11) is 0. The number of hydrogen-bond donors (Lipinski definition) is 1. The fraction of sp³-hybridized carbons (Fsp3) is 0.935. The number of carbonyl (C=O) groups is 2. The summed E-state index contributed by atoms with van der Waals surface area (Å²) in [5.41, 5.74) is 0. The number of ether oxygens (including phenoxy) is 1. The highest BCUT2D eigenvalue weighted by molar-refractivity contribution is 7.99. The number of hydrogen-bond acceptors (Lipinski definition) is 5. The summed E-state index contributed by atoms with van der Waals surface area (Å²) < 4.78 is 5.40. The molecule has 0 heterocycles. The molecule has 1 amide bonds. The van der Waals surface area contributed by atoms with Crippen LogP contribution in [0.1, 0.15) is 142 Å². The Labute approximate surface area is 235 Å². The van der Waals surface area contributed by atoms with E-state index in [-0.39, 0.29) is 11.9 Å². The molecule has 6 heteroatoms. The number of esters is 1. The van der Waals surface area contributed by atoms with Gasteiger partial charge < -0.3 is 15.0 Å². The first-order valence-corrected chi connectivity index (χ1v) is 17.2. The molecule has 0 aliphatic carbocycles. The topological polar surface area (TPSA) is 58.6 Å². The van der Waals surface area contributed by atoms with Crippen LogP contribution in [0, 0.1) is 0 Å². The minimum Gasteiger partial charge on any atom is -0.466 e. The van der Waals surface area contributed by atoms with Crippen LogP contribution in [0.25, 0.3) is 0 Å². The maximum atomic E-state index is 11.9. The van der Waals surface area contributed by atoms with E-state index in [0.717, 1.165) is 45.3 Å². The van der Waals surface area contributed by atoms with E-state index < -0.39 is 0 Å². The molecule has 5 nitrogen and oxygen atoms in total. The minimum absolute atomic E-state index is 0.0132. The number of unbranched alkanes of at least 4 members (excludes halogenated alkanes) is 15. The van der Waals surface area contributed by atoms with Gasteiger partial charge in [0.05, 0.1) is 12.4 Å². The molecule has 0 bridgehead atoms. The maximum absolute atomic E-state index is 11.9. The molecular weight excluding hydrogens is 480 g/mol. The summed E-state index contributed by atoms with van der Waals surface area (Å²) in [6, 6.07) is 0. The van der Waals surface area contributed by atoms with Crippen LogP contribution in [0.4, 0.5) is 0 Å². The molecular formula is C31H62N2O3S. The summed E-state index contributed by atoms with van der Waals surface area (Å²) in [5, 5.41) is 3.03. The van der Waals surface area contributed by atoms with Gasteiger partial charge in [-0.25, -0.2) is 0 Å². The number of amides is 1. The Morgan fingerprint density at radius 1 is 0.649 bits per heavy atom. The highest BCUT2D eigenvalue weighted by Gasteiger charge is 2.07. The van der Waals surface area contributed by atoms with E-state index in [9.17, 15) is 9.59 Å². The molecule has 0 spiro atoms. The molecule has 0 aromatic rings. The van der Waals surface area contributed by atoms with Crippen molar-refractivity contribution in [1.82, 2.24) is 10.2 Å². The molecule has 0 saturated carbocycles. The third kappa shape index (κ3) is 28.1. The summed E-state index contributed by atoms with van der Waals surface area (Å²) in [6.45, 7) is 9.28. The average Bonchev–Trinajstić information content (AvgIpc) is 2.89. The molecule has 0 fully saturated rings. The molecule has 0 atom stereocenters. The zero-order chi connectivity index (χ0) is 27.2. The number of thioether (sulfide) groups is 1. The Bertz CT molecular complexity index is 505. The van der Waals surface area contributed by atoms with E-state index in [1.807, 2.05) is 6.26 Å². The van der Waals surface area contributed by atoms with Crippen LogP contribution in [0.15, 0.2) is 0 Å². The van der Waals surface area contributed by atoms with Gasteiger partial charge in [0.2, 0.25) is 5.91 Å². The van der Waals surface area contributed by atoms with Gasteiger partial charge in [-0.15, -0.1) is 0 Å². The normalized spacial score (nSPS) is 11.2. The molecule has 37 heavy (non-hydrogen) atoms. The van der Waals surface area contributed by atoms with Crippen LogP contribution < -0.4 is 5.32 Å². The third-order valence-electron chi connectivity index (χ3n) is 6.94. The standard InChI is InChI=1S/C31H62N2O3S/c1-4-6-8-10-12-17-21-28-36-31(35)23-18-14-13-16-20-26-33(25-19-15-11-9-7-5-2)27-22-24-32-30(34)29-37-3/h4-29H2,1-3H3,(H,32,34). The second-order valence-electron chi connectivity index (χ2n) is 10.6. The lowest BCUT2D eigenvalue weighted by atomic mass is 10.1. The first-order chi connectivity index (χ1) is 18.1. The lowest BCUT2D eigenvalue weighted by Gasteiger charge is -2.22. The largest absolute Gasteiger partial charge is 0.466 e. The van der Waals surface area contributed by atoms with Gasteiger partial charge in [-0.05, 0) is 58.0 Å². The first-order valence-electron chi connectivity index (χ1n) is 15.8. The van der Waals surface area contributed by atoms with Gasteiger partial charge in [-0.2, -0.15) is 11.8 Å². The van der Waals surface area contributed by atoms with Crippen LogP contribution in [-0.4, -0.2) is 61.6 Å². The van der Waals surface area contributed by atoms with Crippen molar-refractivity contribution >= 4 is 23.6 Å². The summed E-state index contributed by atoms with van der Waals surface area (Å²) >= 11 is 1.57. The van der Waals surface area contributed by atoms with Crippen molar-refractivity contribution in [2.75, 3.05) is 44.8 Å². The average molecular weight is 543 g/mol. The van der Waals surface area contributed by atoms with Gasteiger partial charge >= 0.3 is 5.97 Å². The third-order valence-corrected chi connectivity index (χ3v) is 7.49. The molecule has 0 saturated heterocycles. The van der Waals surface area contributed by atoms with E-state index in [0.29, 0.717) is 18.8 Å². The molecule has 0 aliphatic heterocycles. The van der Waals surface area contributed by atoms with Crippen LogP contribution in [0.3, 0.4) is 0 Å². The van der Waals surface area contributed by atoms with Crippen molar-refractivity contribution in [3.63, 3.8) is 0 Å². The summed E-state index contributed by atoms with van der Waals surface area (Å²) in [4.78, 5) is 26.2. The van der Waals surface area contributed by atoms with Crippen LogP contribution in [0.2, 0.25) is 0 Å². The Morgan fingerprint density at radius 3 is 1.70 bits per heavy atom. The number of rotatable bonds is 29. The molecule has 220 valence electrons.